The van der Waals surface area contributed by atoms with E-state index in [1.54, 1.807) is 16.0 Å². The topological polar surface area (TPSA) is 115 Å². The van der Waals surface area contributed by atoms with Gasteiger partial charge in [0.1, 0.15) is 23.6 Å². The van der Waals surface area contributed by atoms with Gasteiger partial charge in [0.05, 0.1) is 16.3 Å². The fourth-order valence-corrected chi connectivity index (χ4v) is 6.70. The molecule has 190 valence electrons. The van der Waals surface area contributed by atoms with Crippen molar-refractivity contribution in [1.29, 1.82) is 0 Å². The molecule has 36 heavy (non-hydrogen) atoms. The summed E-state index contributed by atoms with van der Waals surface area (Å²) in [6.45, 7) is 3.94. The van der Waals surface area contributed by atoms with Crippen molar-refractivity contribution in [2.75, 3.05) is 4.31 Å². The minimum absolute atomic E-state index is 0.0229. The monoisotopic (exact) mass is 510 g/mol. The van der Waals surface area contributed by atoms with E-state index < -0.39 is 16.0 Å². The second-order valence-electron chi connectivity index (χ2n) is 9.56. The Labute approximate surface area is 210 Å². The average Bonchev–Trinajstić information content (AvgIpc) is 3.67. The number of carboxylic acids is 1. The number of anilines is 1. The van der Waals surface area contributed by atoms with Gasteiger partial charge in [0.25, 0.3) is 10.0 Å². The number of rotatable bonds is 8. The average molecular weight is 511 g/mol. The molecule has 0 radical (unpaired) electrons. The lowest BCUT2D eigenvalue weighted by atomic mass is 9.93. The Morgan fingerprint density at radius 2 is 1.94 bits per heavy atom. The fourth-order valence-electron chi connectivity index (χ4n) is 4.89. The molecule has 9 nitrogen and oxygen atoms in total. The summed E-state index contributed by atoms with van der Waals surface area (Å²) in [4.78, 5) is 12.0. The summed E-state index contributed by atoms with van der Waals surface area (Å²) in [6.07, 6.45) is 4.49. The molecule has 1 aliphatic heterocycles. The van der Waals surface area contributed by atoms with Gasteiger partial charge in [-0.05, 0) is 80.3 Å². The van der Waals surface area contributed by atoms with Crippen molar-refractivity contribution in [3.8, 4) is 5.75 Å². The predicted octanol–water partition coefficient (Wildman–Crippen LogP) is 3.88. The van der Waals surface area contributed by atoms with Gasteiger partial charge in [0.15, 0.2) is 0 Å². The van der Waals surface area contributed by atoms with Crippen LogP contribution in [0.25, 0.3) is 0 Å². The first-order valence-corrected chi connectivity index (χ1v) is 13.7. The molecule has 10 heteroatoms. The maximum atomic E-state index is 14.0. The Balaban J connectivity index is 1.51. The second kappa shape index (κ2) is 9.24. The maximum absolute atomic E-state index is 14.0. The molecule has 2 aliphatic rings. The van der Waals surface area contributed by atoms with Crippen LogP contribution in [-0.2, 0) is 36.5 Å². The predicted molar refractivity (Wildman–Crippen MR) is 134 cm³/mol. The highest BCUT2D eigenvalue weighted by Gasteiger charge is 2.44. The molecule has 0 saturated heterocycles. The number of carbonyl (C=O) groups is 1. The molecule has 1 atom stereocenters. The van der Waals surface area contributed by atoms with Gasteiger partial charge >= 0.3 is 5.97 Å². The largest absolute Gasteiger partial charge is 0.486 e. The van der Waals surface area contributed by atoms with Crippen molar-refractivity contribution in [2.24, 2.45) is 13.0 Å². The molecule has 1 unspecified atom stereocenters. The summed E-state index contributed by atoms with van der Waals surface area (Å²) < 4.78 is 36.9. The number of ether oxygens (including phenoxy) is 1. The van der Waals surface area contributed by atoms with Crippen LogP contribution in [0.5, 0.6) is 5.75 Å². The van der Waals surface area contributed by atoms with E-state index in [0.717, 1.165) is 43.4 Å². The molecule has 0 spiro atoms. The molecule has 0 amide bonds. The zero-order valence-electron chi connectivity index (χ0n) is 20.6. The van der Waals surface area contributed by atoms with Gasteiger partial charge < -0.3 is 9.84 Å². The Hall–Kier alpha value is -3.40. The van der Waals surface area contributed by atoms with Crippen LogP contribution >= 0.6 is 0 Å². The van der Waals surface area contributed by atoms with E-state index >= 15 is 0 Å². The zero-order chi connectivity index (χ0) is 25.6. The van der Waals surface area contributed by atoms with Crippen LogP contribution in [0.4, 0.5) is 5.69 Å². The number of hydrogen-bond donors (Lipinski definition) is 1. The number of hydrogen-bond acceptors (Lipinski definition) is 6. The first kappa shape index (κ1) is 24.3. The fraction of sp³-hybridized carbons (Fsp3) is 0.423. The number of aromatic carboxylic acids is 1. The number of sulfonamides is 1. The van der Waals surface area contributed by atoms with Crippen LogP contribution in [0.3, 0.4) is 0 Å². The minimum Gasteiger partial charge on any atom is -0.486 e. The lowest BCUT2D eigenvalue weighted by Gasteiger charge is -2.38. The van der Waals surface area contributed by atoms with Crippen LogP contribution in [0.15, 0.2) is 41.3 Å². The van der Waals surface area contributed by atoms with E-state index in [0.29, 0.717) is 17.3 Å². The van der Waals surface area contributed by atoms with Crippen LogP contribution < -0.4 is 9.04 Å². The summed E-state index contributed by atoms with van der Waals surface area (Å²) in [5.41, 5.74) is 4.06. The molecule has 3 aromatic rings. The molecule has 1 aliphatic carbocycles. The standard InChI is InChI=1S/C26H30N4O5S/c1-4-17-5-10-24-19(13-17)8-11-23(18-6-7-18)30(24)36(33,34)20-9-12-25(21(14-20)26(31)32)35-15-22-16(2)29(3)28-27-22/h5,9-10,12-14,18,23H,4,6-8,11,15H2,1-3H3,(H,31,32). The molecule has 1 saturated carbocycles. The van der Waals surface area contributed by atoms with Crippen molar-refractivity contribution in [2.45, 2.75) is 63.5 Å². The minimum atomic E-state index is -4.00. The first-order valence-electron chi connectivity index (χ1n) is 12.2. The van der Waals surface area contributed by atoms with E-state index in [9.17, 15) is 18.3 Å². The Morgan fingerprint density at radius 3 is 2.58 bits per heavy atom. The first-order chi connectivity index (χ1) is 17.2. The molecular weight excluding hydrogens is 480 g/mol. The number of benzene rings is 2. The molecule has 0 bridgehead atoms. The van der Waals surface area contributed by atoms with Crippen LogP contribution in [0, 0.1) is 12.8 Å². The Morgan fingerprint density at radius 1 is 1.17 bits per heavy atom. The maximum Gasteiger partial charge on any atom is 0.339 e. The summed E-state index contributed by atoms with van der Waals surface area (Å²) >= 11 is 0. The lowest BCUT2D eigenvalue weighted by Crippen LogP contribution is -2.45. The van der Waals surface area contributed by atoms with Gasteiger partial charge in [-0.1, -0.05) is 24.3 Å². The number of fused-ring (bicyclic) bond motifs is 1. The normalized spacial score (nSPS) is 17.6. The van der Waals surface area contributed by atoms with Crippen molar-refractivity contribution >= 4 is 21.7 Å². The number of carboxylic acid groups (broad SMARTS) is 1. The van der Waals surface area contributed by atoms with Crippen LogP contribution in [0.2, 0.25) is 0 Å². The molecule has 2 heterocycles. The van der Waals surface area contributed by atoms with E-state index in [4.69, 9.17) is 4.74 Å². The quantitative estimate of drug-likeness (QED) is 0.489. The molecular formula is C26H30N4O5S. The van der Waals surface area contributed by atoms with Gasteiger partial charge in [-0.15, -0.1) is 5.10 Å². The van der Waals surface area contributed by atoms with Gasteiger partial charge in [-0.3, -0.25) is 8.99 Å². The highest BCUT2D eigenvalue weighted by molar-refractivity contribution is 7.92. The van der Waals surface area contributed by atoms with Crippen LogP contribution in [-0.4, -0.2) is 40.5 Å². The molecule has 1 fully saturated rings. The third kappa shape index (κ3) is 4.34. The van der Waals surface area contributed by atoms with Gasteiger partial charge in [-0.25, -0.2) is 13.2 Å². The third-order valence-corrected chi connectivity index (χ3v) is 9.11. The smallest absolute Gasteiger partial charge is 0.339 e. The number of aromatic nitrogens is 3. The number of aryl methyl sites for hydroxylation is 3. The van der Waals surface area contributed by atoms with E-state index in [1.165, 1.54) is 23.8 Å². The third-order valence-electron chi connectivity index (χ3n) is 7.27. The van der Waals surface area contributed by atoms with Crippen LogP contribution in [0.1, 0.15) is 59.1 Å². The number of nitrogens with zero attached hydrogens (tertiary/aromatic N) is 4. The van der Waals surface area contributed by atoms with Crippen molar-refractivity contribution in [3.63, 3.8) is 0 Å². The summed E-state index contributed by atoms with van der Waals surface area (Å²) in [5.74, 6) is -0.851. The zero-order valence-corrected chi connectivity index (χ0v) is 21.5. The summed E-state index contributed by atoms with van der Waals surface area (Å²) in [5, 5.41) is 17.8. The molecule has 1 aromatic heterocycles. The van der Waals surface area contributed by atoms with Crippen molar-refractivity contribution in [1.82, 2.24) is 15.0 Å². The van der Waals surface area contributed by atoms with E-state index in [-0.39, 0.29) is 28.9 Å². The van der Waals surface area contributed by atoms with Crippen molar-refractivity contribution in [3.05, 3.63) is 64.5 Å². The lowest BCUT2D eigenvalue weighted by molar-refractivity contribution is 0.0691. The van der Waals surface area contributed by atoms with E-state index in [1.807, 2.05) is 19.1 Å². The Bertz CT molecular complexity index is 1430. The molecule has 2 aromatic carbocycles. The van der Waals surface area contributed by atoms with Gasteiger partial charge in [0, 0.05) is 13.1 Å². The van der Waals surface area contributed by atoms with Crippen molar-refractivity contribution < 1.29 is 23.1 Å². The summed E-state index contributed by atoms with van der Waals surface area (Å²) in [6, 6.07) is 9.89. The Kier molecular flexibility index (Phi) is 6.23. The summed E-state index contributed by atoms with van der Waals surface area (Å²) in [7, 11) is -2.25. The highest BCUT2D eigenvalue weighted by atomic mass is 32.2. The van der Waals surface area contributed by atoms with E-state index in [2.05, 4.69) is 23.3 Å². The second-order valence-corrected chi connectivity index (χ2v) is 11.4. The molecule has 5 rings (SSSR count). The van der Waals surface area contributed by atoms with Gasteiger partial charge in [-0.2, -0.15) is 0 Å². The molecule has 1 N–H and O–H groups in total. The van der Waals surface area contributed by atoms with Gasteiger partial charge in [0.2, 0.25) is 0 Å². The highest BCUT2D eigenvalue weighted by Crippen LogP contribution is 2.45. The SMILES string of the molecule is CCc1ccc2c(c1)CCC(C1CC1)N2S(=O)(=O)c1ccc(OCc2nnn(C)c2C)c(C(=O)O)c1.